The molecule has 2 aliphatic rings. The number of alkyl halides is 3. The molecule has 4 aromatic rings. The zero-order chi connectivity index (χ0) is 26.5. The van der Waals surface area contributed by atoms with Crippen molar-refractivity contribution in [2.75, 3.05) is 13.1 Å². The van der Waals surface area contributed by atoms with Crippen LogP contribution in [-0.4, -0.2) is 37.9 Å². The number of carbonyl (C=O) groups excluding carboxylic acids is 1. The van der Waals surface area contributed by atoms with Crippen LogP contribution in [0.3, 0.4) is 0 Å². The minimum Gasteiger partial charge on any atom is -0.290 e. The highest BCUT2D eigenvalue weighted by Crippen LogP contribution is 2.48. The van der Waals surface area contributed by atoms with Gasteiger partial charge in [0, 0.05) is 29.6 Å². The Bertz CT molecular complexity index is 1510. The fourth-order valence-electron chi connectivity index (χ4n) is 5.08. The van der Waals surface area contributed by atoms with Crippen molar-refractivity contribution < 1.29 is 22.4 Å². The molecule has 194 valence electrons. The summed E-state index contributed by atoms with van der Waals surface area (Å²) < 4.78 is 56.3. The van der Waals surface area contributed by atoms with Crippen molar-refractivity contribution in [1.29, 1.82) is 0 Å². The van der Waals surface area contributed by atoms with Crippen LogP contribution in [0.2, 0.25) is 0 Å². The van der Waals surface area contributed by atoms with Crippen molar-refractivity contribution in [2.45, 2.75) is 23.9 Å². The monoisotopic (exact) mass is 556 g/mol. The number of hydrogen-bond donors (Lipinski definition) is 0. The van der Waals surface area contributed by atoms with Gasteiger partial charge in [0.15, 0.2) is 5.01 Å². The van der Waals surface area contributed by atoms with E-state index in [1.807, 2.05) is 10.4 Å². The van der Waals surface area contributed by atoms with Crippen LogP contribution in [0.1, 0.15) is 33.0 Å². The Balaban J connectivity index is 1.34. The van der Waals surface area contributed by atoms with Crippen molar-refractivity contribution in [3.05, 3.63) is 99.5 Å². The molecule has 0 N–H and O–H groups in total. The van der Waals surface area contributed by atoms with Gasteiger partial charge in [-0.25, -0.2) is 18.4 Å². The predicted octanol–water partition coefficient (Wildman–Crippen LogP) is 6.71. The molecule has 2 aromatic heterocycles. The Labute approximate surface area is 223 Å². The van der Waals surface area contributed by atoms with Crippen LogP contribution in [0.4, 0.5) is 17.6 Å². The topological polar surface area (TPSA) is 51.0 Å². The molecule has 0 saturated carbocycles. The molecule has 5 nitrogen and oxygen atoms in total. The maximum absolute atomic E-state index is 14.0. The standard InChI is InChI=1S/C27H20F4N4OS2/c28-20-3-5-21(6-4-20)35-23-13-19-9-11-34(38-22-7-1-18(2-8-22)27(29,30)31)16-26(19,14-17(23)15-33-35)24(36)25-32-10-12-37-25/h1-8,10,12-13,15H,9,11,14,16H2. The van der Waals surface area contributed by atoms with E-state index in [1.165, 1.54) is 47.6 Å². The molecule has 3 heterocycles. The Morgan fingerprint density at radius 3 is 2.53 bits per heavy atom. The van der Waals surface area contributed by atoms with E-state index >= 15 is 0 Å². The Morgan fingerprint density at radius 1 is 1.08 bits per heavy atom. The largest absolute Gasteiger partial charge is 0.416 e. The summed E-state index contributed by atoms with van der Waals surface area (Å²) in [6, 6.07) is 11.1. The summed E-state index contributed by atoms with van der Waals surface area (Å²) >= 11 is 2.64. The Hall–Kier alpha value is -3.28. The van der Waals surface area contributed by atoms with Crippen LogP contribution in [-0.2, 0) is 12.6 Å². The van der Waals surface area contributed by atoms with Gasteiger partial charge in [0.05, 0.1) is 28.6 Å². The molecule has 2 aromatic carbocycles. The van der Waals surface area contributed by atoms with Crippen LogP contribution in [0.25, 0.3) is 11.8 Å². The average Bonchev–Trinajstić information content (AvgIpc) is 3.57. The lowest BCUT2D eigenvalue weighted by atomic mass is 9.66. The molecular formula is C27H20F4N4OS2. The van der Waals surface area contributed by atoms with E-state index in [9.17, 15) is 22.4 Å². The van der Waals surface area contributed by atoms with Gasteiger partial charge < -0.3 is 0 Å². The van der Waals surface area contributed by atoms with Gasteiger partial charge in [-0.15, -0.1) is 11.3 Å². The molecule has 0 amide bonds. The van der Waals surface area contributed by atoms with Crippen LogP contribution in [0, 0.1) is 11.2 Å². The van der Waals surface area contributed by atoms with Gasteiger partial charge in [-0.3, -0.25) is 4.79 Å². The summed E-state index contributed by atoms with van der Waals surface area (Å²) in [5, 5.41) is 6.73. The summed E-state index contributed by atoms with van der Waals surface area (Å²) in [6.45, 7) is 0.995. The van der Waals surface area contributed by atoms with Gasteiger partial charge in [0.25, 0.3) is 0 Å². The maximum Gasteiger partial charge on any atom is 0.416 e. The second-order valence-electron chi connectivity index (χ2n) is 9.27. The van der Waals surface area contributed by atoms with E-state index in [1.54, 1.807) is 34.6 Å². The number of thiazole rings is 1. The molecule has 1 aliphatic carbocycles. The van der Waals surface area contributed by atoms with Crippen molar-refractivity contribution >= 4 is 35.1 Å². The summed E-state index contributed by atoms with van der Waals surface area (Å²) in [6.07, 6.45) is 1.98. The zero-order valence-electron chi connectivity index (χ0n) is 19.8. The van der Waals surface area contributed by atoms with Gasteiger partial charge >= 0.3 is 6.18 Å². The van der Waals surface area contributed by atoms with Crippen molar-refractivity contribution in [3.63, 3.8) is 0 Å². The first-order chi connectivity index (χ1) is 18.2. The molecule has 0 spiro atoms. The number of halogens is 4. The van der Waals surface area contributed by atoms with Crippen molar-refractivity contribution in [2.24, 2.45) is 5.41 Å². The summed E-state index contributed by atoms with van der Waals surface area (Å²) in [4.78, 5) is 18.9. The molecular weight excluding hydrogens is 536 g/mol. The molecule has 6 rings (SSSR count). The van der Waals surface area contributed by atoms with Crippen LogP contribution >= 0.6 is 23.3 Å². The minimum absolute atomic E-state index is 0.0725. The quantitative estimate of drug-likeness (QED) is 0.155. The number of rotatable bonds is 5. The van der Waals surface area contributed by atoms with E-state index in [4.69, 9.17) is 0 Å². The van der Waals surface area contributed by atoms with Crippen LogP contribution in [0.15, 0.2) is 76.8 Å². The lowest BCUT2D eigenvalue weighted by Crippen LogP contribution is -2.49. The second-order valence-corrected chi connectivity index (χ2v) is 11.3. The fourth-order valence-corrected chi connectivity index (χ4v) is 6.77. The van der Waals surface area contributed by atoms with E-state index in [0.29, 0.717) is 35.8 Å². The summed E-state index contributed by atoms with van der Waals surface area (Å²) in [5.74, 6) is -0.407. The number of hydrogen-bond acceptors (Lipinski definition) is 6. The van der Waals surface area contributed by atoms with Gasteiger partial charge in [0.1, 0.15) is 5.82 Å². The van der Waals surface area contributed by atoms with Crippen LogP contribution < -0.4 is 0 Å². The number of aromatic nitrogens is 3. The van der Waals surface area contributed by atoms with E-state index < -0.39 is 17.2 Å². The first kappa shape index (κ1) is 25.0. The van der Waals surface area contributed by atoms with Gasteiger partial charge in [-0.1, -0.05) is 5.57 Å². The van der Waals surface area contributed by atoms with Crippen molar-refractivity contribution in [3.8, 4) is 5.69 Å². The average molecular weight is 557 g/mol. The van der Waals surface area contributed by atoms with Gasteiger partial charge in [0.2, 0.25) is 5.78 Å². The van der Waals surface area contributed by atoms with E-state index in [-0.39, 0.29) is 11.6 Å². The second kappa shape index (κ2) is 9.48. The summed E-state index contributed by atoms with van der Waals surface area (Å²) in [5.41, 5.74) is 1.87. The number of fused-ring (bicyclic) bond motifs is 2. The number of nitrogens with zero attached hydrogens (tertiary/aromatic N) is 4. The normalized spacial score (nSPS) is 19.5. The third-order valence-electron chi connectivity index (χ3n) is 6.93. The smallest absolute Gasteiger partial charge is 0.290 e. The molecule has 11 heteroatoms. The highest BCUT2D eigenvalue weighted by atomic mass is 32.2. The third kappa shape index (κ3) is 4.48. The number of ketones is 1. The van der Waals surface area contributed by atoms with Crippen LogP contribution in [0.5, 0.6) is 0 Å². The van der Waals surface area contributed by atoms with E-state index in [2.05, 4.69) is 10.1 Å². The lowest BCUT2D eigenvalue weighted by Gasteiger charge is -2.44. The number of benzene rings is 2. The molecule has 1 fully saturated rings. The predicted molar refractivity (Wildman–Crippen MR) is 138 cm³/mol. The van der Waals surface area contributed by atoms with Crippen molar-refractivity contribution in [1.82, 2.24) is 19.1 Å². The number of Topliss-reactive ketones (excluding diaryl/α,β-unsaturated/α-hetero) is 1. The Morgan fingerprint density at radius 2 is 1.84 bits per heavy atom. The summed E-state index contributed by atoms with van der Waals surface area (Å²) in [7, 11) is 0. The SMILES string of the molecule is O=C(c1nccs1)C12Cc3cnn(-c4ccc(F)cc4)c3C=C1CCN(Sc1ccc(C(F)(F)F)cc1)C2. The molecule has 1 saturated heterocycles. The molecule has 1 atom stereocenters. The zero-order valence-corrected chi connectivity index (χ0v) is 21.4. The van der Waals surface area contributed by atoms with Gasteiger partial charge in [-0.05, 0) is 85.0 Å². The third-order valence-corrected chi connectivity index (χ3v) is 8.75. The minimum atomic E-state index is -4.39. The highest BCUT2D eigenvalue weighted by Gasteiger charge is 2.49. The Kier molecular flexibility index (Phi) is 6.24. The molecule has 0 bridgehead atoms. The van der Waals surface area contributed by atoms with Gasteiger partial charge in [-0.2, -0.15) is 18.3 Å². The number of piperidine rings is 1. The first-order valence-corrected chi connectivity index (χ1v) is 13.5. The first-order valence-electron chi connectivity index (χ1n) is 11.8. The highest BCUT2D eigenvalue weighted by molar-refractivity contribution is 7.97. The molecule has 0 radical (unpaired) electrons. The fraction of sp³-hybridized carbons (Fsp3) is 0.222. The molecule has 38 heavy (non-hydrogen) atoms. The van der Waals surface area contributed by atoms with E-state index in [0.717, 1.165) is 34.7 Å². The maximum atomic E-state index is 14.0. The number of carbonyl (C=O) groups is 1. The molecule has 1 aliphatic heterocycles. The molecule has 1 unspecified atom stereocenters. The lowest BCUT2D eigenvalue weighted by molar-refractivity contribution is -0.137.